The highest BCUT2D eigenvalue weighted by atomic mass is 31.2. The molecule has 0 atom stereocenters. The highest BCUT2D eigenvalue weighted by molar-refractivity contribution is 7.48. The average molecular weight is 286 g/mol. The van der Waals surface area contributed by atoms with Gasteiger partial charge in [0.15, 0.2) is 0 Å². The van der Waals surface area contributed by atoms with Gasteiger partial charge in [0, 0.05) is 14.2 Å². The van der Waals surface area contributed by atoms with Crippen LogP contribution in [0.2, 0.25) is 0 Å². The van der Waals surface area contributed by atoms with E-state index in [4.69, 9.17) is 13.6 Å². The third kappa shape index (κ3) is 4.07. The van der Waals surface area contributed by atoms with E-state index in [0.29, 0.717) is 11.7 Å². The Morgan fingerprint density at radius 2 is 1.58 bits per heavy atom. The van der Waals surface area contributed by atoms with Crippen molar-refractivity contribution in [1.29, 1.82) is 0 Å². The smallest absolute Gasteiger partial charge is 0.404 e. The van der Waals surface area contributed by atoms with Gasteiger partial charge in [-0.2, -0.15) is 0 Å². The van der Waals surface area contributed by atoms with E-state index in [1.165, 1.54) is 14.2 Å². The zero-order chi connectivity index (χ0) is 14.6. The Morgan fingerprint density at radius 1 is 1.00 bits per heavy atom. The van der Waals surface area contributed by atoms with Crippen LogP contribution in [0.25, 0.3) is 0 Å². The van der Waals surface area contributed by atoms with Crippen LogP contribution in [0.15, 0.2) is 18.2 Å². The van der Waals surface area contributed by atoms with E-state index in [2.05, 4.69) is 33.8 Å². The molecule has 0 fully saturated rings. The topological polar surface area (TPSA) is 44.8 Å². The minimum absolute atomic E-state index is 0.262. The molecule has 0 heterocycles. The van der Waals surface area contributed by atoms with Crippen molar-refractivity contribution >= 4 is 7.82 Å². The largest absolute Gasteiger partial charge is 0.529 e. The summed E-state index contributed by atoms with van der Waals surface area (Å²) in [6.07, 6.45) is 0. The first kappa shape index (κ1) is 16.2. The predicted octanol–water partition coefficient (Wildman–Crippen LogP) is 4.71. The van der Waals surface area contributed by atoms with Crippen LogP contribution in [0.4, 0.5) is 0 Å². The summed E-state index contributed by atoms with van der Waals surface area (Å²) in [6.45, 7) is 8.31. The van der Waals surface area contributed by atoms with Gasteiger partial charge >= 0.3 is 7.82 Å². The molecule has 0 bridgehead atoms. The van der Waals surface area contributed by atoms with Gasteiger partial charge in [0.25, 0.3) is 0 Å². The van der Waals surface area contributed by atoms with Gasteiger partial charge in [-0.05, 0) is 29.0 Å². The maximum absolute atomic E-state index is 12.1. The Hall–Kier alpha value is -0.830. The Morgan fingerprint density at radius 3 is 2.00 bits per heavy atom. The molecule has 1 rings (SSSR count). The number of benzene rings is 1. The Labute approximate surface area is 115 Å². The zero-order valence-corrected chi connectivity index (χ0v) is 13.4. The lowest BCUT2D eigenvalue weighted by Gasteiger charge is -2.20. The first-order chi connectivity index (χ1) is 8.83. The van der Waals surface area contributed by atoms with E-state index in [9.17, 15) is 4.57 Å². The summed E-state index contributed by atoms with van der Waals surface area (Å²) in [6, 6.07) is 5.98. The molecule has 19 heavy (non-hydrogen) atoms. The molecule has 0 aliphatic carbocycles. The number of rotatable bonds is 6. The first-order valence-electron chi connectivity index (χ1n) is 6.38. The third-order valence-corrected chi connectivity index (χ3v) is 4.30. The number of hydrogen-bond acceptors (Lipinski definition) is 4. The number of phosphoric ester groups is 1. The summed E-state index contributed by atoms with van der Waals surface area (Å²) in [5.74, 6) is 1.19. The Kier molecular flexibility index (Phi) is 5.60. The van der Waals surface area contributed by atoms with E-state index < -0.39 is 7.82 Å². The zero-order valence-electron chi connectivity index (χ0n) is 12.5. The molecule has 0 radical (unpaired) electrons. The molecule has 0 saturated heterocycles. The van der Waals surface area contributed by atoms with Crippen LogP contribution in [0.1, 0.15) is 50.7 Å². The highest BCUT2D eigenvalue weighted by Crippen LogP contribution is 2.49. The summed E-state index contributed by atoms with van der Waals surface area (Å²) in [5.41, 5.74) is 2.11. The summed E-state index contributed by atoms with van der Waals surface area (Å²) < 4.78 is 27.3. The van der Waals surface area contributed by atoms with Crippen molar-refractivity contribution in [2.45, 2.75) is 39.5 Å². The molecule has 0 N–H and O–H groups in total. The second kappa shape index (κ2) is 6.56. The van der Waals surface area contributed by atoms with Gasteiger partial charge in [-0.25, -0.2) is 4.57 Å². The summed E-state index contributed by atoms with van der Waals surface area (Å²) in [5, 5.41) is 0. The fourth-order valence-electron chi connectivity index (χ4n) is 1.74. The average Bonchev–Trinajstić information content (AvgIpc) is 2.38. The van der Waals surface area contributed by atoms with E-state index in [-0.39, 0.29) is 5.92 Å². The molecule has 0 aliphatic rings. The monoisotopic (exact) mass is 286 g/mol. The summed E-state index contributed by atoms with van der Waals surface area (Å²) in [4.78, 5) is 0. The molecular formula is C14H23O4P. The van der Waals surface area contributed by atoms with Gasteiger partial charge in [-0.1, -0.05) is 39.8 Å². The van der Waals surface area contributed by atoms with Crippen LogP contribution >= 0.6 is 7.82 Å². The minimum Gasteiger partial charge on any atom is -0.404 e. The van der Waals surface area contributed by atoms with Crippen LogP contribution in [0.3, 0.4) is 0 Å². The second-order valence-corrected chi connectivity index (χ2v) is 6.82. The van der Waals surface area contributed by atoms with Gasteiger partial charge in [-0.15, -0.1) is 0 Å². The first-order valence-corrected chi connectivity index (χ1v) is 7.84. The van der Waals surface area contributed by atoms with E-state index in [1.54, 1.807) is 0 Å². The molecule has 0 amide bonds. The molecule has 0 saturated carbocycles. The standard InChI is InChI=1S/C14H23O4P/c1-10(2)12-7-8-13(11(3)4)14(9-12)18-19(15,16-5)17-6/h7-11H,1-6H3. The highest BCUT2D eigenvalue weighted by Gasteiger charge is 2.26. The molecule has 0 aliphatic heterocycles. The Balaban J connectivity index is 3.21. The van der Waals surface area contributed by atoms with Crippen LogP contribution < -0.4 is 4.52 Å². The molecular weight excluding hydrogens is 263 g/mol. The van der Waals surface area contributed by atoms with Gasteiger partial charge in [-0.3, -0.25) is 9.05 Å². The molecule has 1 aromatic carbocycles. The van der Waals surface area contributed by atoms with Crippen LogP contribution in [-0.4, -0.2) is 14.2 Å². The summed E-state index contributed by atoms with van der Waals surface area (Å²) >= 11 is 0. The molecule has 108 valence electrons. The Bertz CT molecular complexity index is 461. The fraction of sp³-hybridized carbons (Fsp3) is 0.571. The molecule has 0 unspecified atom stereocenters. The van der Waals surface area contributed by atoms with Crippen molar-refractivity contribution in [3.63, 3.8) is 0 Å². The van der Waals surface area contributed by atoms with E-state index in [1.807, 2.05) is 12.1 Å². The van der Waals surface area contributed by atoms with Gasteiger partial charge in [0.1, 0.15) is 5.75 Å². The SMILES string of the molecule is COP(=O)(OC)Oc1cc(C(C)C)ccc1C(C)C. The second-order valence-electron chi connectivity index (χ2n) is 5.01. The van der Waals surface area contributed by atoms with Gasteiger partial charge < -0.3 is 4.52 Å². The molecule has 0 spiro atoms. The maximum atomic E-state index is 12.1. The van der Waals surface area contributed by atoms with Crippen molar-refractivity contribution in [3.05, 3.63) is 29.3 Å². The quantitative estimate of drug-likeness (QED) is 0.710. The summed E-state index contributed by atoms with van der Waals surface area (Å²) in [7, 11) is -0.897. The lowest BCUT2D eigenvalue weighted by molar-refractivity contribution is 0.210. The van der Waals surface area contributed by atoms with Crippen molar-refractivity contribution in [2.75, 3.05) is 14.2 Å². The van der Waals surface area contributed by atoms with Crippen LogP contribution in [0.5, 0.6) is 5.75 Å². The van der Waals surface area contributed by atoms with Crippen molar-refractivity contribution < 1.29 is 18.1 Å². The fourth-order valence-corrected chi connectivity index (χ4v) is 2.43. The van der Waals surface area contributed by atoms with Gasteiger partial charge in [0.05, 0.1) is 0 Å². The van der Waals surface area contributed by atoms with E-state index >= 15 is 0 Å². The lowest BCUT2D eigenvalue weighted by atomic mass is 9.96. The molecule has 5 heteroatoms. The van der Waals surface area contributed by atoms with Gasteiger partial charge in [0.2, 0.25) is 0 Å². The molecule has 4 nitrogen and oxygen atoms in total. The van der Waals surface area contributed by atoms with Crippen molar-refractivity contribution in [1.82, 2.24) is 0 Å². The molecule has 0 aromatic heterocycles. The lowest BCUT2D eigenvalue weighted by Crippen LogP contribution is -2.02. The van der Waals surface area contributed by atoms with Crippen LogP contribution in [0, 0.1) is 0 Å². The normalized spacial score (nSPS) is 12.2. The third-order valence-electron chi connectivity index (χ3n) is 2.98. The predicted molar refractivity (Wildman–Crippen MR) is 76.9 cm³/mol. The minimum atomic E-state index is -3.52. The van der Waals surface area contributed by atoms with E-state index in [0.717, 1.165) is 11.1 Å². The van der Waals surface area contributed by atoms with Crippen molar-refractivity contribution in [3.8, 4) is 5.75 Å². The number of phosphoric acid groups is 1. The van der Waals surface area contributed by atoms with Crippen LogP contribution in [-0.2, 0) is 13.6 Å². The van der Waals surface area contributed by atoms with Crippen molar-refractivity contribution in [2.24, 2.45) is 0 Å². The molecule has 1 aromatic rings. The number of hydrogen-bond donors (Lipinski definition) is 0. The maximum Gasteiger partial charge on any atom is 0.529 e.